The number of unbranched alkanes of at least 4 members (excludes halogenated alkanes) is 13. The molecule has 0 spiro atoms. The van der Waals surface area contributed by atoms with Gasteiger partial charge in [-0.15, -0.1) is 0 Å². The maximum Gasteiger partial charge on any atom is 0.306 e. The van der Waals surface area contributed by atoms with Crippen molar-refractivity contribution < 1.29 is 29.3 Å². The summed E-state index contributed by atoms with van der Waals surface area (Å²) in [7, 11) is 0. The predicted octanol–water partition coefficient (Wildman–Crippen LogP) is 12.2. The van der Waals surface area contributed by atoms with Crippen LogP contribution in [0.15, 0.2) is 72.9 Å². The molecule has 0 fully saturated rings. The second-order valence-electron chi connectivity index (χ2n) is 14.2. The number of rotatable bonds is 36. The third-order valence-electron chi connectivity index (χ3n) is 9.09. The van der Waals surface area contributed by atoms with Crippen molar-refractivity contribution in [2.24, 2.45) is 5.92 Å². The molecule has 0 saturated carbocycles. The molecule has 0 saturated heterocycles. The topological polar surface area (TPSA) is 93.1 Å². The summed E-state index contributed by atoms with van der Waals surface area (Å²) in [4.78, 5) is 24.0. The second kappa shape index (κ2) is 39.5. The number of aliphatic hydroxyl groups is 2. The summed E-state index contributed by atoms with van der Waals surface area (Å²) in [6.07, 6.45) is 48.7. The molecule has 2 N–H and O–H groups in total. The van der Waals surface area contributed by atoms with Crippen LogP contribution < -0.4 is 0 Å². The number of aliphatic hydroxyl groups excluding tert-OH is 2. The van der Waals surface area contributed by atoms with Crippen LogP contribution in [-0.4, -0.2) is 47.6 Å². The minimum atomic E-state index is -1.01. The lowest BCUT2D eigenvalue weighted by Crippen LogP contribution is -2.25. The van der Waals surface area contributed by atoms with Crippen LogP contribution in [0, 0.1) is 5.92 Å². The fraction of sp³-hybridized carbons (Fsp3) is 0.696. The molecule has 0 radical (unpaired) electrons. The summed E-state index contributed by atoms with van der Waals surface area (Å²) in [5, 5.41) is 19.8. The molecule has 3 atom stereocenters. The molecular weight excluding hydrogens is 648 g/mol. The Kier molecular flexibility index (Phi) is 37.5. The van der Waals surface area contributed by atoms with Gasteiger partial charge in [-0.1, -0.05) is 190 Å². The van der Waals surface area contributed by atoms with E-state index in [0.717, 1.165) is 50.9 Å². The highest BCUT2D eigenvalue weighted by Crippen LogP contribution is 2.16. The quantitative estimate of drug-likeness (QED) is 0.0289. The van der Waals surface area contributed by atoms with Crippen molar-refractivity contribution >= 4 is 11.9 Å². The van der Waals surface area contributed by atoms with Gasteiger partial charge in [0.15, 0.2) is 0 Å². The maximum absolute atomic E-state index is 12.0. The van der Waals surface area contributed by atoms with Gasteiger partial charge in [-0.05, 0) is 50.9 Å². The molecule has 2 unspecified atom stereocenters. The summed E-state index contributed by atoms with van der Waals surface area (Å²) < 4.78 is 10.3. The molecule has 0 heterocycles. The summed E-state index contributed by atoms with van der Waals surface area (Å²) in [6, 6.07) is 0. The highest BCUT2D eigenvalue weighted by atomic mass is 16.6. The van der Waals surface area contributed by atoms with Crippen molar-refractivity contribution in [3.8, 4) is 0 Å². The summed E-state index contributed by atoms with van der Waals surface area (Å²) >= 11 is 0. The lowest BCUT2D eigenvalue weighted by Gasteiger charge is -2.12. The minimum Gasteiger partial charge on any atom is -0.463 e. The van der Waals surface area contributed by atoms with Crippen molar-refractivity contribution in [2.75, 3.05) is 13.2 Å². The molecular formula is C46H78O6. The van der Waals surface area contributed by atoms with Gasteiger partial charge in [-0.25, -0.2) is 0 Å². The van der Waals surface area contributed by atoms with E-state index in [4.69, 9.17) is 9.47 Å². The first-order valence-corrected chi connectivity index (χ1v) is 21.0. The van der Waals surface area contributed by atoms with E-state index in [1.807, 2.05) is 30.4 Å². The zero-order valence-electron chi connectivity index (χ0n) is 33.6. The molecule has 52 heavy (non-hydrogen) atoms. The van der Waals surface area contributed by atoms with Gasteiger partial charge in [0.2, 0.25) is 0 Å². The van der Waals surface area contributed by atoms with Gasteiger partial charge in [-0.2, -0.15) is 0 Å². The first-order valence-electron chi connectivity index (χ1n) is 21.0. The number of carbonyl (C=O) groups is 2. The van der Waals surface area contributed by atoms with Crippen molar-refractivity contribution in [3.63, 3.8) is 0 Å². The van der Waals surface area contributed by atoms with Crippen LogP contribution in [0.2, 0.25) is 0 Å². The Balaban J connectivity index is 3.60. The Labute approximate surface area is 319 Å². The lowest BCUT2D eigenvalue weighted by atomic mass is 9.99. The molecule has 0 aliphatic carbocycles. The molecule has 0 aromatic rings. The van der Waals surface area contributed by atoms with Gasteiger partial charge >= 0.3 is 11.9 Å². The van der Waals surface area contributed by atoms with Gasteiger partial charge in [0.25, 0.3) is 0 Å². The lowest BCUT2D eigenvalue weighted by molar-refractivity contribution is -0.152. The summed E-state index contributed by atoms with van der Waals surface area (Å²) in [5.41, 5.74) is 0. The molecule has 0 bridgehead atoms. The minimum absolute atomic E-state index is 0.151. The number of carbonyl (C=O) groups excluding carboxylic acids is 2. The van der Waals surface area contributed by atoms with E-state index in [1.165, 1.54) is 83.5 Å². The van der Waals surface area contributed by atoms with Crippen LogP contribution >= 0.6 is 0 Å². The Bertz CT molecular complexity index is 991. The van der Waals surface area contributed by atoms with Crippen LogP contribution in [0.1, 0.15) is 175 Å². The van der Waals surface area contributed by atoms with Crippen LogP contribution in [0.4, 0.5) is 0 Å². The van der Waals surface area contributed by atoms with Gasteiger partial charge in [0, 0.05) is 12.8 Å². The van der Waals surface area contributed by atoms with E-state index >= 15 is 0 Å². The van der Waals surface area contributed by atoms with E-state index in [-0.39, 0.29) is 31.6 Å². The molecule has 0 aliphatic rings. The molecule has 0 rings (SSSR count). The van der Waals surface area contributed by atoms with E-state index in [2.05, 4.69) is 57.2 Å². The Morgan fingerprint density at radius 2 is 1.04 bits per heavy atom. The van der Waals surface area contributed by atoms with E-state index in [0.29, 0.717) is 19.3 Å². The third-order valence-corrected chi connectivity index (χ3v) is 9.09. The number of allylic oxidation sites excluding steroid dienone is 10. The van der Waals surface area contributed by atoms with Gasteiger partial charge in [0.1, 0.15) is 19.3 Å². The summed E-state index contributed by atoms with van der Waals surface area (Å²) in [5.74, 6) is 0.214. The van der Waals surface area contributed by atoms with Crippen LogP contribution in [-0.2, 0) is 19.1 Å². The number of esters is 2. The van der Waals surface area contributed by atoms with Crippen molar-refractivity contribution in [1.82, 2.24) is 0 Å². The van der Waals surface area contributed by atoms with Crippen LogP contribution in [0.5, 0.6) is 0 Å². The van der Waals surface area contributed by atoms with Crippen molar-refractivity contribution in [2.45, 2.75) is 187 Å². The summed E-state index contributed by atoms with van der Waals surface area (Å²) in [6.45, 7) is 6.41. The Morgan fingerprint density at radius 1 is 0.558 bits per heavy atom. The largest absolute Gasteiger partial charge is 0.463 e. The van der Waals surface area contributed by atoms with Crippen molar-refractivity contribution in [3.05, 3.63) is 72.9 Å². The Hall–Kier alpha value is -2.70. The standard InChI is InChI=1S/C46H78O6/c1-4-6-30-36-43(47)37-32-27-23-19-15-11-9-13-17-21-25-29-34-39-46(50)52-41-44(48)40-51-45(49)38-33-28-24-20-16-12-8-7-10-14-18-22-26-31-35-42(3)5-2/h6,11,13,15,17,23,25,27,29-30,32,37,42-44,47-48H,4-5,7-10,12,14,16,18-22,24,26,28,31,33-36,38-41H2,1-3H3/b15-11-,17-13-,27-23+,29-25-,30-6-,37-32+/t42?,43?,44-/m1/s1. The third kappa shape index (κ3) is 38.5. The zero-order valence-corrected chi connectivity index (χ0v) is 33.6. The SMILES string of the molecule is CC/C=C\CC(O)/C=C/C=C/C/C=C\C/C=C\C/C=C\CCC(=O)OC[C@H](O)COC(=O)CCCCCCCCCCCCCCCCC(C)CC. The normalized spacial score (nSPS) is 14.2. The predicted molar refractivity (Wildman–Crippen MR) is 220 cm³/mol. The highest BCUT2D eigenvalue weighted by Gasteiger charge is 2.11. The first kappa shape index (κ1) is 49.3. The van der Waals surface area contributed by atoms with Crippen LogP contribution in [0.25, 0.3) is 0 Å². The van der Waals surface area contributed by atoms with Gasteiger partial charge in [-0.3, -0.25) is 9.59 Å². The Morgan fingerprint density at radius 3 is 1.58 bits per heavy atom. The number of hydrogen-bond acceptors (Lipinski definition) is 6. The van der Waals surface area contributed by atoms with Crippen LogP contribution in [0.3, 0.4) is 0 Å². The molecule has 6 heteroatoms. The van der Waals surface area contributed by atoms with Gasteiger partial charge in [0.05, 0.1) is 6.10 Å². The maximum atomic E-state index is 12.0. The molecule has 6 nitrogen and oxygen atoms in total. The molecule has 0 aromatic carbocycles. The highest BCUT2D eigenvalue weighted by molar-refractivity contribution is 5.70. The van der Waals surface area contributed by atoms with E-state index < -0.39 is 12.2 Å². The number of hydrogen-bond donors (Lipinski definition) is 2. The molecule has 0 aliphatic heterocycles. The monoisotopic (exact) mass is 727 g/mol. The van der Waals surface area contributed by atoms with Gasteiger partial charge < -0.3 is 19.7 Å². The fourth-order valence-corrected chi connectivity index (χ4v) is 5.52. The number of ether oxygens (including phenoxy) is 2. The zero-order chi connectivity index (χ0) is 38.2. The van der Waals surface area contributed by atoms with Crippen molar-refractivity contribution in [1.29, 1.82) is 0 Å². The second-order valence-corrected chi connectivity index (χ2v) is 14.2. The van der Waals surface area contributed by atoms with E-state index in [9.17, 15) is 19.8 Å². The molecule has 0 aromatic heterocycles. The average Bonchev–Trinajstić information content (AvgIpc) is 3.14. The average molecular weight is 727 g/mol. The first-order chi connectivity index (χ1) is 25.4. The smallest absolute Gasteiger partial charge is 0.306 e. The fourth-order valence-electron chi connectivity index (χ4n) is 5.52. The molecule has 0 amide bonds. The molecule has 298 valence electrons. The van der Waals surface area contributed by atoms with E-state index in [1.54, 1.807) is 6.08 Å².